The molecule has 1 radical (unpaired) electrons. The Balaban J connectivity index is 0.00000142. The van der Waals surface area contributed by atoms with E-state index in [0.717, 1.165) is 60.0 Å². The maximum absolute atomic E-state index is 11.3. The van der Waals surface area contributed by atoms with Gasteiger partial charge in [0.1, 0.15) is 11.5 Å². The van der Waals surface area contributed by atoms with Crippen LogP contribution in [0.2, 0.25) is 0 Å². The molecule has 287 valence electrons. The molecule has 2 atom stereocenters. The Bertz CT molecular complexity index is 1780. The fourth-order valence-electron chi connectivity index (χ4n) is 5.54. The standard InChI is InChI=1S/C40H50N2O2.2C2H4O2.Co/c1-11-25(3)28-19-30(37(43)32(21-28)39(5,6)7)23-41-34-17-13-15-27-16-14-18-35(36(27)34)42-24-31-20-29(26(4)12-2)22-33(38(31)44)40(8,9)10;2*1-2(3)4;/h13-26,43-44H,11-12H2,1-10H3;2*1H3,(H,3,4);/q;;;+2/p-2. The Labute approximate surface area is 326 Å². The van der Waals surface area contributed by atoms with Gasteiger partial charge in [-0.3, -0.25) is 9.98 Å². The summed E-state index contributed by atoms with van der Waals surface area (Å²) in [6.45, 7) is 23.5. The SMILES string of the molecule is CC(=O)[O-].CC(=O)[O-].CCC(C)c1cc(C=Nc2cccc3cccc(N=Cc4cc(C(C)CC)cc(C(C)(C)C)c4O)c23)c(O)c(C(C)(C)C)c1.[Co+2]. The van der Waals surface area contributed by atoms with Crippen LogP contribution in [0.4, 0.5) is 11.4 Å². The van der Waals surface area contributed by atoms with Crippen molar-refractivity contribution in [3.63, 3.8) is 0 Å². The Hall–Kier alpha value is -4.47. The van der Waals surface area contributed by atoms with Gasteiger partial charge in [0.2, 0.25) is 0 Å². The first-order valence-corrected chi connectivity index (χ1v) is 17.8. The normalized spacial score (nSPS) is 12.7. The number of phenols is 2. The zero-order valence-corrected chi connectivity index (χ0v) is 34.3. The van der Waals surface area contributed by atoms with Crippen molar-refractivity contribution in [3.05, 3.63) is 94.0 Å². The van der Waals surface area contributed by atoms with Gasteiger partial charge in [-0.2, -0.15) is 0 Å². The van der Waals surface area contributed by atoms with Gasteiger partial charge in [-0.25, -0.2) is 0 Å². The van der Waals surface area contributed by atoms with Gasteiger partial charge in [0, 0.05) is 52.0 Å². The van der Waals surface area contributed by atoms with E-state index in [1.54, 1.807) is 12.4 Å². The Kier molecular flexibility index (Phi) is 17.7. The number of nitrogens with zero attached hydrogens (tertiary/aromatic N) is 2. The van der Waals surface area contributed by atoms with E-state index >= 15 is 0 Å². The van der Waals surface area contributed by atoms with Crippen LogP contribution < -0.4 is 10.2 Å². The molecule has 2 unspecified atom stereocenters. The third kappa shape index (κ3) is 13.5. The number of aliphatic imine (C=N–C) groups is 2. The van der Waals surface area contributed by atoms with Gasteiger partial charge in [-0.15, -0.1) is 0 Å². The largest absolute Gasteiger partial charge is 2.00 e. The molecule has 0 saturated carbocycles. The molecule has 0 amide bonds. The predicted octanol–water partition coefficient (Wildman–Crippen LogP) is 8.88. The van der Waals surface area contributed by atoms with Crippen LogP contribution in [0.5, 0.6) is 11.5 Å². The van der Waals surface area contributed by atoms with Crippen molar-refractivity contribution in [1.82, 2.24) is 0 Å². The number of aromatic hydroxyl groups is 2. The van der Waals surface area contributed by atoms with E-state index < -0.39 is 11.9 Å². The summed E-state index contributed by atoms with van der Waals surface area (Å²) in [5.74, 6) is -0.871. The molecule has 4 aromatic carbocycles. The summed E-state index contributed by atoms with van der Waals surface area (Å²) in [6, 6.07) is 20.5. The number of carbonyl (C=O) groups is 2. The molecular weight excluding hydrogens is 711 g/mol. The second-order valence-corrected chi connectivity index (χ2v) is 15.3. The minimum absolute atomic E-state index is 0. The minimum atomic E-state index is -1.08. The van der Waals surface area contributed by atoms with E-state index in [1.165, 1.54) is 11.1 Å². The second-order valence-electron chi connectivity index (χ2n) is 15.3. The molecule has 2 N–H and O–H groups in total. The van der Waals surface area contributed by atoms with E-state index in [2.05, 4.69) is 106 Å². The molecule has 8 nitrogen and oxygen atoms in total. The quantitative estimate of drug-likeness (QED) is 0.171. The number of rotatable bonds is 8. The van der Waals surface area contributed by atoms with E-state index in [9.17, 15) is 10.2 Å². The third-order valence-corrected chi connectivity index (χ3v) is 8.85. The molecule has 0 aliphatic carbocycles. The first kappa shape index (κ1) is 46.5. The summed E-state index contributed by atoms with van der Waals surface area (Å²) in [5, 5.41) is 42.3. The number of aliphatic carboxylic acids is 2. The van der Waals surface area contributed by atoms with Crippen LogP contribution in [0, 0.1) is 0 Å². The monoisotopic (exact) mass is 767 g/mol. The van der Waals surface area contributed by atoms with Gasteiger partial charge >= 0.3 is 16.8 Å². The number of phenolic OH excluding ortho intramolecular Hbond substituents is 2. The number of hydrogen-bond acceptors (Lipinski definition) is 8. The summed E-state index contributed by atoms with van der Waals surface area (Å²) in [5.41, 5.74) is 6.82. The molecule has 53 heavy (non-hydrogen) atoms. The van der Waals surface area contributed by atoms with Crippen molar-refractivity contribution in [1.29, 1.82) is 0 Å². The average molecular weight is 768 g/mol. The summed E-state index contributed by atoms with van der Waals surface area (Å²) in [6.07, 6.45) is 5.59. The summed E-state index contributed by atoms with van der Waals surface area (Å²) in [4.78, 5) is 27.6. The topological polar surface area (TPSA) is 145 Å². The van der Waals surface area contributed by atoms with E-state index in [0.29, 0.717) is 23.0 Å². The molecule has 4 rings (SSSR count). The number of carbonyl (C=O) groups excluding carboxylic acids is 2. The zero-order chi connectivity index (χ0) is 39.6. The molecule has 0 spiro atoms. The average Bonchev–Trinajstić information content (AvgIpc) is 3.04. The first-order chi connectivity index (χ1) is 24.1. The van der Waals surface area contributed by atoms with Crippen molar-refractivity contribution in [2.45, 2.75) is 119 Å². The van der Waals surface area contributed by atoms with Gasteiger partial charge in [0.05, 0.1) is 11.4 Å². The van der Waals surface area contributed by atoms with E-state index in [1.807, 2.05) is 24.3 Å². The molecule has 0 bridgehead atoms. The molecule has 0 saturated heterocycles. The van der Waals surface area contributed by atoms with Crippen LogP contribution in [0.1, 0.15) is 141 Å². The molecular formula is C44H56CoN2O6. The Morgan fingerprint density at radius 2 is 1.00 bits per heavy atom. The van der Waals surface area contributed by atoms with Gasteiger partial charge in [0.25, 0.3) is 0 Å². The van der Waals surface area contributed by atoms with Crippen LogP contribution in [0.3, 0.4) is 0 Å². The number of carboxylic acid groups (broad SMARTS) is 2. The van der Waals surface area contributed by atoms with Crippen molar-refractivity contribution >= 4 is 46.5 Å². The fraction of sp³-hybridized carbons (Fsp3) is 0.409. The smallest absolute Gasteiger partial charge is 0.550 e. The second kappa shape index (κ2) is 20.1. The number of fused-ring (bicyclic) bond motifs is 1. The van der Waals surface area contributed by atoms with Crippen molar-refractivity contribution < 1.29 is 46.8 Å². The molecule has 0 fully saturated rings. The number of hydrogen-bond donors (Lipinski definition) is 2. The van der Waals surface area contributed by atoms with Gasteiger partial charge in [-0.1, -0.05) is 106 Å². The van der Waals surface area contributed by atoms with E-state index in [-0.39, 0.29) is 39.1 Å². The van der Waals surface area contributed by atoms with Crippen LogP contribution >= 0.6 is 0 Å². The molecule has 0 aromatic heterocycles. The fourth-order valence-corrected chi connectivity index (χ4v) is 5.54. The van der Waals surface area contributed by atoms with Gasteiger partial charge in [-0.05, 0) is 90.1 Å². The Morgan fingerprint density at radius 3 is 1.28 bits per heavy atom. The van der Waals surface area contributed by atoms with Crippen LogP contribution in [-0.2, 0) is 37.2 Å². The molecule has 0 aliphatic rings. The maximum Gasteiger partial charge on any atom is 2.00 e. The van der Waals surface area contributed by atoms with Gasteiger partial charge in [0.15, 0.2) is 0 Å². The van der Waals surface area contributed by atoms with Crippen molar-refractivity contribution in [2.24, 2.45) is 9.98 Å². The summed E-state index contributed by atoms with van der Waals surface area (Å²) >= 11 is 0. The van der Waals surface area contributed by atoms with Crippen LogP contribution in [0.15, 0.2) is 70.6 Å². The maximum atomic E-state index is 11.3. The number of benzene rings is 4. The van der Waals surface area contributed by atoms with Crippen molar-refractivity contribution in [2.75, 3.05) is 0 Å². The van der Waals surface area contributed by atoms with E-state index in [4.69, 9.17) is 29.8 Å². The third-order valence-electron chi connectivity index (χ3n) is 8.85. The molecule has 4 aromatic rings. The summed E-state index contributed by atoms with van der Waals surface area (Å²) in [7, 11) is 0. The first-order valence-electron chi connectivity index (χ1n) is 17.8. The van der Waals surface area contributed by atoms with Crippen molar-refractivity contribution in [3.8, 4) is 11.5 Å². The van der Waals surface area contributed by atoms with Gasteiger partial charge < -0.3 is 30.0 Å². The summed E-state index contributed by atoms with van der Waals surface area (Å²) < 4.78 is 0. The molecule has 0 aliphatic heterocycles. The predicted molar refractivity (Wildman–Crippen MR) is 211 cm³/mol. The number of carboxylic acids is 2. The zero-order valence-electron chi connectivity index (χ0n) is 33.3. The molecule has 9 heteroatoms. The Morgan fingerprint density at radius 1 is 0.679 bits per heavy atom. The molecule has 0 heterocycles. The van der Waals surface area contributed by atoms with Crippen LogP contribution in [-0.4, -0.2) is 34.6 Å². The van der Waals surface area contributed by atoms with Crippen LogP contribution in [0.25, 0.3) is 10.8 Å². The minimum Gasteiger partial charge on any atom is -0.550 e.